The first-order valence-electron chi connectivity index (χ1n) is 24.5. The molecule has 0 aliphatic carbocycles. The van der Waals surface area contributed by atoms with Crippen molar-refractivity contribution in [1.82, 2.24) is 22.8 Å². The van der Waals surface area contributed by atoms with Gasteiger partial charge in [0.05, 0.1) is 83.6 Å². The molecule has 0 fully saturated rings. The summed E-state index contributed by atoms with van der Waals surface area (Å²) < 4.78 is 12.9. The lowest BCUT2D eigenvalue weighted by atomic mass is 10.1. The van der Waals surface area contributed by atoms with E-state index in [4.69, 9.17) is 0 Å². The molecule has 0 aliphatic heterocycles. The Kier molecular flexibility index (Phi) is 7.82. The third-order valence-corrected chi connectivity index (χ3v) is 15.3. The van der Waals surface area contributed by atoms with Crippen LogP contribution in [0, 0.1) is 0 Å². The maximum atomic E-state index is 2.59. The predicted molar refractivity (Wildman–Crippen MR) is 298 cm³/mol. The van der Waals surface area contributed by atoms with Crippen LogP contribution in [-0.4, -0.2) is 22.8 Å². The second-order valence-corrected chi connectivity index (χ2v) is 18.8. The molecule has 16 rings (SSSR count). The highest BCUT2D eigenvalue weighted by Gasteiger charge is 2.32. The third-order valence-electron chi connectivity index (χ3n) is 15.3. The van der Waals surface area contributed by atoms with Gasteiger partial charge in [-0.05, 0) is 66.7 Å². The predicted octanol–water partition coefficient (Wildman–Crippen LogP) is 17.2. The van der Waals surface area contributed by atoms with Gasteiger partial charge in [-0.2, -0.15) is 0 Å². The first-order valence-corrected chi connectivity index (χ1v) is 24.5. The minimum Gasteiger partial charge on any atom is -0.307 e. The van der Waals surface area contributed by atoms with Crippen molar-refractivity contribution in [2.75, 3.05) is 0 Å². The fourth-order valence-electron chi connectivity index (χ4n) is 12.5. The molecule has 330 valence electrons. The van der Waals surface area contributed by atoms with Crippen LogP contribution in [-0.2, 0) is 0 Å². The molecular formula is C66H41N5. The van der Waals surface area contributed by atoms with Crippen molar-refractivity contribution in [1.29, 1.82) is 0 Å². The third kappa shape index (κ3) is 5.13. The number of hydrogen-bond donors (Lipinski definition) is 0. The molecule has 0 atom stereocenters. The van der Waals surface area contributed by atoms with E-state index in [9.17, 15) is 0 Å². The molecule has 0 spiro atoms. The average molecular weight is 904 g/mol. The Morgan fingerprint density at radius 3 is 0.507 bits per heavy atom. The highest BCUT2D eigenvalue weighted by molar-refractivity contribution is 6.17. The largest absolute Gasteiger partial charge is 0.307 e. The summed E-state index contributed by atoms with van der Waals surface area (Å²) in [5, 5.41) is 12.0. The van der Waals surface area contributed by atoms with Crippen LogP contribution in [0.25, 0.3) is 137 Å². The molecule has 0 radical (unpaired) electrons. The van der Waals surface area contributed by atoms with Crippen molar-refractivity contribution in [3.8, 4) is 28.4 Å². The highest BCUT2D eigenvalue weighted by Crippen LogP contribution is 2.50. The Balaban J connectivity index is 1.28. The molecule has 0 N–H and O–H groups in total. The molecule has 5 nitrogen and oxygen atoms in total. The molecule has 5 aromatic heterocycles. The van der Waals surface area contributed by atoms with E-state index in [2.05, 4.69) is 272 Å². The normalized spacial score (nSPS) is 12.2. The van der Waals surface area contributed by atoms with Crippen molar-refractivity contribution in [2.45, 2.75) is 0 Å². The first-order chi connectivity index (χ1) is 35.3. The van der Waals surface area contributed by atoms with Gasteiger partial charge >= 0.3 is 0 Å². The smallest absolute Gasteiger partial charge is 0.0990 e. The molecule has 0 saturated carbocycles. The van der Waals surface area contributed by atoms with Crippen LogP contribution in [0.15, 0.2) is 249 Å². The standard InChI is InChI=1S/C66H41N5/c1-11-31-52-42(21-1)43-22-2-12-32-53(43)67(52)62-41-63(68-54-33-13-3-23-44(54)45-24-4-14-34-55(45)68)65(70-58-37-17-7-27-48(58)49-28-8-18-38-59(49)70)66(71-60-39-19-9-29-50(60)51-30-10-20-40-61(51)71)64(62)69-56-35-15-5-25-46(56)47-26-6-16-36-57(47)69/h1-41H. The zero-order valence-electron chi connectivity index (χ0n) is 38.4. The van der Waals surface area contributed by atoms with Crippen molar-refractivity contribution in [3.05, 3.63) is 249 Å². The second kappa shape index (κ2) is 14.5. The van der Waals surface area contributed by atoms with Gasteiger partial charge in [0, 0.05) is 53.9 Å². The van der Waals surface area contributed by atoms with E-state index in [1.165, 1.54) is 53.9 Å². The Bertz CT molecular complexity index is 4380. The molecule has 5 heteroatoms. The number of para-hydroxylation sites is 10. The maximum absolute atomic E-state index is 2.59. The van der Waals surface area contributed by atoms with Gasteiger partial charge in [0.25, 0.3) is 0 Å². The lowest BCUT2D eigenvalue weighted by molar-refractivity contribution is 0.999. The molecule has 71 heavy (non-hydrogen) atoms. The molecule has 0 amide bonds. The van der Waals surface area contributed by atoms with E-state index < -0.39 is 0 Å². The van der Waals surface area contributed by atoms with Gasteiger partial charge in [-0.15, -0.1) is 0 Å². The number of fused-ring (bicyclic) bond motifs is 15. The van der Waals surface area contributed by atoms with Crippen molar-refractivity contribution in [2.24, 2.45) is 0 Å². The van der Waals surface area contributed by atoms with Crippen LogP contribution >= 0.6 is 0 Å². The van der Waals surface area contributed by atoms with Gasteiger partial charge in [0.1, 0.15) is 0 Å². The second-order valence-electron chi connectivity index (χ2n) is 18.8. The van der Waals surface area contributed by atoms with Gasteiger partial charge in [-0.1, -0.05) is 182 Å². The lowest BCUT2D eigenvalue weighted by Gasteiger charge is -2.28. The number of rotatable bonds is 5. The Morgan fingerprint density at radius 2 is 0.310 bits per heavy atom. The van der Waals surface area contributed by atoms with Crippen LogP contribution in [0.5, 0.6) is 0 Å². The Morgan fingerprint density at radius 1 is 0.155 bits per heavy atom. The molecule has 0 bridgehead atoms. The quantitative estimate of drug-likeness (QED) is 0.164. The first kappa shape index (κ1) is 38.4. The van der Waals surface area contributed by atoms with Crippen molar-refractivity contribution < 1.29 is 0 Å². The van der Waals surface area contributed by atoms with Crippen molar-refractivity contribution in [3.63, 3.8) is 0 Å². The van der Waals surface area contributed by atoms with E-state index in [1.54, 1.807) is 0 Å². The molecule has 0 aliphatic rings. The summed E-state index contributed by atoms with van der Waals surface area (Å²) in [6.45, 7) is 0. The summed E-state index contributed by atoms with van der Waals surface area (Å²) in [5.74, 6) is 0. The minimum absolute atomic E-state index is 1.06. The van der Waals surface area contributed by atoms with Crippen LogP contribution in [0.1, 0.15) is 0 Å². The molecule has 11 aromatic carbocycles. The Labute approximate surface area is 407 Å². The monoisotopic (exact) mass is 903 g/mol. The average Bonchev–Trinajstić information content (AvgIpc) is 4.23. The van der Waals surface area contributed by atoms with E-state index in [0.717, 1.165) is 83.6 Å². The minimum atomic E-state index is 1.06. The summed E-state index contributed by atoms with van der Waals surface area (Å²) >= 11 is 0. The number of hydrogen-bond acceptors (Lipinski definition) is 0. The number of benzene rings is 11. The summed E-state index contributed by atoms with van der Waals surface area (Å²) in [6.07, 6.45) is 0. The zero-order valence-corrected chi connectivity index (χ0v) is 38.4. The van der Waals surface area contributed by atoms with Crippen LogP contribution in [0.4, 0.5) is 0 Å². The van der Waals surface area contributed by atoms with Crippen LogP contribution in [0.2, 0.25) is 0 Å². The number of aromatic nitrogens is 5. The maximum Gasteiger partial charge on any atom is 0.0990 e. The molecule has 16 aromatic rings. The van der Waals surface area contributed by atoms with Gasteiger partial charge in [-0.3, -0.25) is 0 Å². The van der Waals surface area contributed by atoms with Crippen molar-refractivity contribution >= 4 is 109 Å². The summed E-state index contributed by atoms with van der Waals surface area (Å²) in [6, 6.07) is 92.1. The van der Waals surface area contributed by atoms with E-state index >= 15 is 0 Å². The topological polar surface area (TPSA) is 24.6 Å². The zero-order chi connectivity index (χ0) is 46.3. The SMILES string of the molecule is c1ccc2c(c1)c1ccccc1n2-c1cc(-n2c3ccccc3c3ccccc32)c(-n2c3ccccc3c3ccccc32)c(-n2c3ccccc3c3ccccc32)c1-n1c2ccccc2c2ccccc21. The molecule has 0 unspecified atom stereocenters. The fourth-order valence-corrected chi connectivity index (χ4v) is 12.5. The van der Waals surface area contributed by atoms with Crippen LogP contribution < -0.4 is 0 Å². The van der Waals surface area contributed by atoms with E-state index in [1.807, 2.05) is 0 Å². The lowest BCUT2D eigenvalue weighted by Crippen LogP contribution is -2.16. The van der Waals surface area contributed by atoms with Crippen LogP contribution in [0.3, 0.4) is 0 Å². The van der Waals surface area contributed by atoms with Gasteiger partial charge in [0.15, 0.2) is 0 Å². The fraction of sp³-hybridized carbons (Fsp3) is 0. The molecular weight excluding hydrogens is 863 g/mol. The van der Waals surface area contributed by atoms with Gasteiger partial charge in [0.2, 0.25) is 0 Å². The summed E-state index contributed by atoms with van der Waals surface area (Å²) in [5.41, 5.74) is 16.7. The summed E-state index contributed by atoms with van der Waals surface area (Å²) in [7, 11) is 0. The number of nitrogens with zero attached hydrogens (tertiary/aromatic N) is 5. The van der Waals surface area contributed by atoms with E-state index in [0.29, 0.717) is 0 Å². The molecule has 5 heterocycles. The van der Waals surface area contributed by atoms with Gasteiger partial charge in [-0.25, -0.2) is 0 Å². The van der Waals surface area contributed by atoms with E-state index in [-0.39, 0.29) is 0 Å². The highest BCUT2D eigenvalue weighted by atomic mass is 15.2. The summed E-state index contributed by atoms with van der Waals surface area (Å²) in [4.78, 5) is 0. The van der Waals surface area contributed by atoms with Gasteiger partial charge < -0.3 is 22.8 Å². The Hall–Kier alpha value is -9.58. The molecule has 0 saturated heterocycles.